The molecule has 0 aliphatic rings. The molecule has 0 aliphatic carbocycles. The van der Waals surface area contributed by atoms with Crippen LogP contribution in [-0.4, -0.2) is 47.6 Å². The number of alkyl halides is 3. The molecule has 0 saturated heterocycles. The van der Waals surface area contributed by atoms with E-state index in [0.29, 0.717) is 49.5 Å². The van der Waals surface area contributed by atoms with E-state index in [9.17, 15) is 22.7 Å². The standard InChI is InChI=1S/C34H38F4N6O2/c1-4-8-23-17-28(41-29-18-26(16-27(20-29)34(36,37)38)24-9-7-10-30(45)19-24)12-11-25(23)21-40-43-33-39-22-31(35)32(42-33)44(6-3)13-15-46-14-5-2/h7,9-12,16-22,41,45H,4-6,8,13-15H2,1-3H3,(H,39,42,43)/b40-21+. The summed E-state index contributed by atoms with van der Waals surface area (Å²) in [4.78, 5) is 10.1. The number of anilines is 4. The van der Waals surface area contributed by atoms with Crippen molar-refractivity contribution in [2.75, 3.05) is 41.9 Å². The van der Waals surface area contributed by atoms with Gasteiger partial charge in [0.1, 0.15) is 5.75 Å². The molecule has 0 bridgehead atoms. The molecule has 1 aromatic heterocycles. The molecule has 0 fully saturated rings. The van der Waals surface area contributed by atoms with Crippen LogP contribution >= 0.6 is 0 Å². The highest BCUT2D eigenvalue weighted by molar-refractivity contribution is 5.84. The summed E-state index contributed by atoms with van der Waals surface area (Å²) in [5.41, 5.74) is 5.29. The van der Waals surface area contributed by atoms with Gasteiger partial charge in [0.2, 0.25) is 5.95 Å². The molecule has 0 saturated carbocycles. The van der Waals surface area contributed by atoms with Gasteiger partial charge in [0.25, 0.3) is 0 Å². The third-order valence-corrected chi connectivity index (χ3v) is 7.02. The lowest BCUT2D eigenvalue weighted by atomic mass is 10.0. The smallest absolute Gasteiger partial charge is 0.416 e. The lowest BCUT2D eigenvalue weighted by molar-refractivity contribution is -0.137. The predicted molar refractivity (Wildman–Crippen MR) is 174 cm³/mol. The number of aromatic hydroxyl groups is 1. The average molecular weight is 639 g/mol. The highest BCUT2D eigenvalue weighted by Gasteiger charge is 2.31. The molecule has 4 aromatic rings. The maximum absolute atomic E-state index is 14.6. The van der Waals surface area contributed by atoms with Gasteiger partial charge in [0.15, 0.2) is 11.6 Å². The molecule has 0 aliphatic heterocycles. The van der Waals surface area contributed by atoms with Crippen LogP contribution in [0.25, 0.3) is 11.1 Å². The second-order valence-electron chi connectivity index (χ2n) is 10.6. The lowest BCUT2D eigenvalue weighted by Gasteiger charge is -2.22. The summed E-state index contributed by atoms with van der Waals surface area (Å²) in [6.45, 7) is 8.04. The van der Waals surface area contributed by atoms with Crippen molar-refractivity contribution in [3.05, 3.63) is 89.4 Å². The number of aromatic nitrogens is 2. The van der Waals surface area contributed by atoms with Crippen molar-refractivity contribution in [1.29, 1.82) is 0 Å². The third-order valence-electron chi connectivity index (χ3n) is 7.02. The van der Waals surface area contributed by atoms with Crippen molar-refractivity contribution < 1.29 is 27.4 Å². The summed E-state index contributed by atoms with van der Waals surface area (Å²) < 4.78 is 61.4. The Labute approximate surface area is 266 Å². The van der Waals surface area contributed by atoms with Gasteiger partial charge >= 0.3 is 6.18 Å². The number of hydrazone groups is 1. The van der Waals surface area contributed by atoms with Crippen LogP contribution in [0.3, 0.4) is 0 Å². The van der Waals surface area contributed by atoms with Crippen molar-refractivity contribution >= 4 is 29.4 Å². The first kappa shape index (κ1) is 34.2. The van der Waals surface area contributed by atoms with Gasteiger partial charge in [-0.25, -0.2) is 14.8 Å². The van der Waals surface area contributed by atoms with Gasteiger partial charge in [-0.3, -0.25) is 0 Å². The second-order valence-corrected chi connectivity index (χ2v) is 10.6. The molecular formula is C34H38F4N6O2. The monoisotopic (exact) mass is 638 g/mol. The maximum atomic E-state index is 14.6. The van der Waals surface area contributed by atoms with Gasteiger partial charge in [-0.2, -0.15) is 23.3 Å². The van der Waals surface area contributed by atoms with E-state index >= 15 is 0 Å². The van der Waals surface area contributed by atoms with E-state index in [0.717, 1.165) is 42.3 Å². The van der Waals surface area contributed by atoms with Gasteiger partial charge in [-0.1, -0.05) is 38.5 Å². The number of hydrogen-bond acceptors (Lipinski definition) is 8. The van der Waals surface area contributed by atoms with Crippen LogP contribution < -0.4 is 15.6 Å². The predicted octanol–water partition coefficient (Wildman–Crippen LogP) is 8.40. The number of nitrogens with one attached hydrogen (secondary N) is 2. The summed E-state index contributed by atoms with van der Waals surface area (Å²) in [5, 5.41) is 17.2. The van der Waals surface area contributed by atoms with E-state index in [2.05, 4.69) is 25.8 Å². The summed E-state index contributed by atoms with van der Waals surface area (Å²) >= 11 is 0. The molecule has 0 radical (unpaired) electrons. The molecule has 0 amide bonds. The van der Waals surface area contributed by atoms with Crippen molar-refractivity contribution in [3.8, 4) is 16.9 Å². The molecule has 3 aromatic carbocycles. The van der Waals surface area contributed by atoms with E-state index < -0.39 is 17.6 Å². The summed E-state index contributed by atoms with van der Waals surface area (Å²) in [6.07, 6.45) is 0.549. The molecule has 0 spiro atoms. The molecule has 3 N–H and O–H groups in total. The molecule has 244 valence electrons. The number of ether oxygens (including phenoxy) is 1. The summed E-state index contributed by atoms with van der Waals surface area (Å²) in [5.74, 6) is -0.306. The van der Waals surface area contributed by atoms with Crippen LogP contribution in [0, 0.1) is 5.82 Å². The maximum Gasteiger partial charge on any atom is 0.416 e. The van der Waals surface area contributed by atoms with Crippen LogP contribution in [0.2, 0.25) is 0 Å². The van der Waals surface area contributed by atoms with Gasteiger partial charge < -0.3 is 20.1 Å². The number of nitrogens with zero attached hydrogens (tertiary/aromatic N) is 4. The first-order chi connectivity index (χ1) is 22.1. The Kier molecular flexibility index (Phi) is 11.9. The minimum absolute atomic E-state index is 0.0392. The number of hydrogen-bond donors (Lipinski definition) is 3. The van der Waals surface area contributed by atoms with Gasteiger partial charge in [0.05, 0.1) is 24.6 Å². The zero-order valence-electron chi connectivity index (χ0n) is 26.0. The Balaban J connectivity index is 1.53. The number of likely N-dealkylation sites (N-methyl/N-ethyl adjacent to an activating group) is 1. The Bertz CT molecular complexity index is 1630. The average Bonchev–Trinajstić information content (AvgIpc) is 3.03. The van der Waals surface area contributed by atoms with E-state index in [1.165, 1.54) is 12.1 Å². The molecule has 1 heterocycles. The van der Waals surface area contributed by atoms with Gasteiger partial charge in [-0.15, -0.1) is 0 Å². The van der Waals surface area contributed by atoms with Crippen LogP contribution in [0.5, 0.6) is 5.75 Å². The van der Waals surface area contributed by atoms with E-state index in [-0.39, 0.29) is 23.2 Å². The molecule has 8 nitrogen and oxygen atoms in total. The zero-order valence-corrected chi connectivity index (χ0v) is 26.0. The molecule has 12 heteroatoms. The Hall–Kier alpha value is -4.71. The minimum Gasteiger partial charge on any atom is -0.508 e. The molecule has 4 rings (SSSR count). The highest BCUT2D eigenvalue weighted by Crippen LogP contribution is 2.36. The van der Waals surface area contributed by atoms with E-state index in [1.54, 1.807) is 35.4 Å². The van der Waals surface area contributed by atoms with Crippen LogP contribution in [0.15, 0.2) is 72.0 Å². The van der Waals surface area contributed by atoms with Crippen molar-refractivity contribution in [2.45, 2.75) is 46.2 Å². The fraction of sp³-hybridized carbons (Fsp3) is 0.324. The third kappa shape index (κ3) is 9.40. The molecule has 0 unspecified atom stereocenters. The van der Waals surface area contributed by atoms with Gasteiger partial charge in [0, 0.05) is 31.1 Å². The number of benzene rings is 3. The van der Waals surface area contributed by atoms with Crippen LogP contribution in [0.4, 0.5) is 40.7 Å². The number of aryl methyl sites for hydroxylation is 1. The topological polar surface area (TPSA) is 94.9 Å². The largest absolute Gasteiger partial charge is 0.508 e. The first-order valence-electron chi connectivity index (χ1n) is 15.2. The lowest BCUT2D eigenvalue weighted by Crippen LogP contribution is -2.29. The normalized spacial score (nSPS) is 11.6. The second kappa shape index (κ2) is 16.0. The van der Waals surface area contributed by atoms with Crippen molar-refractivity contribution in [1.82, 2.24) is 9.97 Å². The fourth-order valence-electron chi connectivity index (χ4n) is 4.81. The highest BCUT2D eigenvalue weighted by atomic mass is 19.4. The quantitative estimate of drug-likeness (QED) is 0.0521. The number of phenolic OH excluding ortho intramolecular Hbond substituents is 1. The fourth-order valence-corrected chi connectivity index (χ4v) is 4.81. The van der Waals surface area contributed by atoms with E-state index in [4.69, 9.17) is 4.74 Å². The van der Waals surface area contributed by atoms with E-state index in [1.807, 2.05) is 32.9 Å². The number of phenols is 1. The van der Waals surface area contributed by atoms with Crippen molar-refractivity contribution in [2.24, 2.45) is 5.10 Å². The molecule has 46 heavy (non-hydrogen) atoms. The number of rotatable bonds is 15. The zero-order chi connectivity index (χ0) is 33.1. The minimum atomic E-state index is -4.56. The SMILES string of the molecule is CCCOCCN(CC)c1nc(N/N=C/c2ccc(Nc3cc(-c4cccc(O)c4)cc(C(F)(F)F)c3)cc2CCC)ncc1F. The van der Waals surface area contributed by atoms with Crippen LogP contribution in [-0.2, 0) is 17.3 Å². The first-order valence-corrected chi connectivity index (χ1v) is 15.2. The summed E-state index contributed by atoms with van der Waals surface area (Å²) in [6, 6.07) is 15.3. The Morgan fingerprint density at radius 1 is 0.957 bits per heavy atom. The summed E-state index contributed by atoms with van der Waals surface area (Å²) in [7, 11) is 0. The number of halogens is 4. The van der Waals surface area contributed by atoms with Gasteiger partial charge in [-0.05, 0) is 84.5 Å². The molecular weight excluding hydrogens is 600 g/mol. The Morgan fingerprint density at radius 2 is 1.78 bits per heavy atom. The Morgan fingerprint density at radius 3 is 2.50 bits per heavy atom. The molecule has 0 atom stereocenters. The van der Waals surface area contributed by atoms with Crippen molar-refractivity contribution in [3.63, 3.8) is 0 Å². The van der Waals surface area contributed by atoms with Crippen LogP contribution in [0.1, 0.15) is 50.3 Å².